The van der Waals surface area contributed by atoms with Crippen molar-refractivity contribution in [3.63, 3.8) is 0 Å². The Balaban J connectivity index is 1.40. The minimum Gasteiger partial charge on any atom is -0.441 e. The van der Waals surface area contributed by atoms with Gasteiger partial charge in [0.1, 0.15) is 0 Å². The largest absolute Gasteiger partial charge is 0.441 e. The number of aromatic nitrogens is 2. The van der Waals surface area contributed by atoms with Crippen molar-refractivity contribution in [3.05, 3.63) is 94.7 Å². The molecule has 2 aromatic carbocycles. The van der Waals surface area contributed by atoms with Crippen LogP contribution in [0, 0.1) is 0 Å². The lowest BCUT2D eigenvalue weighted by atomic mass is 10.2. The first-order chi connectivity index (χ1) is 13.8. The number of carbonyl (C=O) groups is 1. The van der Waals surface area contributed by atoms with Gasteiger partial charge in [0.25, 0.3) is 0 Å². The Morgan fingerprint density at radius 2 is 1.82 bits per heavy atom. The fourth-order valence-electron chi connectivity index (χ4n) is 2.83. The number of hydrogen-bond acceptors (Lipinski definition) is 4. The van der Waals surface area contributed by atoms with Crippen LogP contribution >= 0.6 is 11.3 Å². The van der Waals surface area contributed by atoms with Crippen molar-refractivity contribution in [2.75, 3.05) is 0 Å². The van der Waals surface area contributed by atoms with Gasteiger partial charge in [-0.2, -0.15) is 4.99 Å². The second-order valence-electron chi connectivity index (χ2n) is 6.29. The molecule has 0 unspecified atom stereocenters. The van der Waals surface area contributed by atoms with E-state index < -0.39 is 0 Å². The van der Waals surface area contributed by atoms with E-state index in [4.69, 9.17) is 4.42 Å². The molecule has 0 aliphatic carbocycles. The molecular weight excluding hydrogens is 370 g/mol. The van der Waals surface area contributed by atoms with Gasteiger partial charge in [-0.05, 0) is 5.56 Å². The fourth-order valence-corrected chi connectivity index (χ4v) is 3.57. The second kappa shape index (κ2) is 8.63. The van der Waals surface area contributed by atoms with Crippen LogP contribution in [0.1, 0.15) is 17.9 Å². The van der Waals surface area contributed by atoms with Crippen molar-refractivity contribution in [3.8, 4) is 11.3 Å². The van der Waals surface area contributed by atoms with Crippen molar-refractivity contribution < 1.29 is 9.21 Å². The molecule has 4 rings (SSSR count). The lowest BCUT2D eigenvalue weighted by Gasteiger charge is -2.02. The first-order valence-electron chi connectivity index (χ1n) is 9.03. The van der Waals surface area contributed by atoms with Crippen LogP contribution < -0.4 is 4.80 Å². The van der Waals surface area contributed by atoms with E-state index in [-0.39, 0.29) is 12.3 Å². The van der Waals surface area contributed by atoms with Crippen molar-refractivity contribution >= 4 is 17.2 Å². The van der Waals surface area contributed by atoms with E-state index in [0.29, 0.717) is 29.4 Å². The molecule has 0 N–H and O–H groups in total. The van der Waals surface area contributed by atoms with Crippen molar-refractivity contribution in [2.45, 2.75) is 19.4 Å². The van der Waals surface area contributed by atoms with E-state index >= 15 is 0 Å². The number of hydrogen-bond donors (Lipinski definition) is 0. The lowest BCUT2D eigenvalue weighted by Crippen LogP contribution is -2.17. The summed E-state index contributed by atoms with van der Waals surface area (Å²) < 4.78 is 7.73. The molecular formula is C22H19N3O2S. The topological polar surface area (TPSA) is 60.4 Å². The minimum atomic E-state index is -0.177. The predicted octanol–water partition coefficient (Wildman–Crippen LogP) is 4.31. The number of amides is 1. The Labute approximate surface area is 166 Å². The maximum Gasteiger partial charge on any atom is 0.248 e. The number of thiazole rings is 1. The first kappa shape index (κ1) is 18.1. The average Bonchev–Trinajstić information content (AvgIpc) is 3.38. The number of benzene rings is 2. The number of rotatable bonds is 6. The van der Waals surface area contributed by atoms with Crippen LogP contribution in [0.3, 0.4) is 0 Å². The zero-order valence-electron chi connectivity index (χ0n) is 15.2. The van der Waals surface area contributed by atoms with Crippen LogP contribution in [-0.4, -0.2) is 15.5 Å². The van der Waals surface area contributed by atoms with Crippen LogP contribution in [0.2, 0.25) is 0 Å². The Morgan fingerprint density at radius 3 is 2.61 bits per heavy atom. The number of aryl methyl sites for hydroxylation is 1. The zero-order chi connectivity index (χ0) is 19.2. The quantitative estimate of drug-likeness (QED) is 0.494. The Kier molecular flexibility index (Phi) is 5.58. The molecule has 1 amide bonds. The highest BCUT2D eigenvalue weighted by Crippen LogP contribution is 2.20. The van der Waals surface area contributed by atoms with Gasteiger partial charge >= 0.3 is 0 Å². The smallest absolute Gasteiger partial charge is 0.248 e. The Bertz CT molecular complexity index is 1110. The van der Waals surface area contributed by atoms with Crippen molar-refractivity contribution in [1.29, 1.82) is 0 Å². The third-order valence-corrected chi connectivity index (χ3v) is 5.04. The van der Waals surface area contributed by atoms with Gasteiger partial charge in [-0.1, -0.05) is 60.7 Å². The zero-order valence-corrected chi connectivity index (χ0v) is 16.0. The lowest BCUT2D eigenvalue weighted by molar-refractivity contribution is -0.118. The van der Waals surface area contributed by atoms with Crippen LogP contribution in [0.5, 0.6) is 0 Å². The predicted molar refractivity (Wildman–Crippen MR) is 109 cm³/mol. The average molecular weight is 389 g/mol. The van der Waals surface area contributed by atoms with E-state index in [1.165, 1.54) is 16.9 Å². The molecule has 140 valence electrons. The highest BCUT2D eigenvalue weighted by molar-refractivity contribution is 7.07. The summed E-state index contributed by atoms with van der Waals surface area (Å²) in [6, 6.07) is 19.9. The van der Waals surface area contributed by atoms with Crippen LogP contribution in [-0.2, 0) is 17.8 Å². The van der Waals surface area contributed by atoms with Gasteiger partial charge in [0, 0.05) is 36.5 Å². The first-order valence-corrected chi connectivity index (χ1v) is 9.91. The molecule has 0 spiro atoms. The maximum atomic E-state index is 12.3. The molecule has 5 nitrogen and oxygen atoms in total. The molecule has 0 fully saturated rings. The number of nitrogens with zero attached hydrogens (tertiary/aromatic N) is 3. The molecule has 28 heavy (non-hydrogen) atoms. The summed E-state index contributed by atoms with van der Waals surface area (Å²) in [5, 5.41) is 1.94. The maximum absolute atomic E-state index is 12.3. The van der Waals surface area contributed by atoms with E-state index in [1.54, 1.807) is 6.20 Å². The van der Waals surface area contributed by atoms with E-state index in [1.807, 2.05) is 64.7 Å². The number of oxazole rings is 1. The van der Waals surface area contributed by atoms with Crippen molar-refractivity contribution in [1.82, 2.24) is 9.55 Å². The summed E-state index contributed by atoms with van der Waals surface area (Å²) in [6.45, 7) is 0.691. The third kappa shape index (κ3) is 4.53. The van der Waals surface area contributed by atoms with Gasteiger partial charge in [0.2, 0.25) is 5.91 Å². The van der Waals surface area contributed by atoms with Gasteiger partial charge in [-0.25, -0.2) is 4.98 Å². The molecule has 0 saturated heterocycles. The fraction of sp³-hybridized carbons (Fsp3) is 0.136. The molecule has 0 bridgehead atoms. The summed E-state index contributed by atoms with van der Waals surface area (Å²) in [5.41, 5.74) is 2.14. The third-order valence-electron chi connectivity index (χ3n) is 4.24. The second-order valence-corrected chi connectivity index (χ2v) is 7.16. The normalized spacial score (nSPS) is 11.6. The molecule has 6 heteroatoms. The summed E-state index contributed by atoms with van der Waals surface area (Å²) in [4.78, 5) is 21.6. The van der Waals surface area contributed by atoms with Gasteiger partial charge in [0.05, 0.1) is 6.20 Å². The summed E-state index contributed by atoms with van der Waals surface area (Å²) in [6.07, 6.45) is 4.33. The highest BCUT2D eigenvalue weighted by atomic mass is 32.1. The molecule has 4 aromatic rings. The Morgan fingerprint density at radius 1 is 1.07 bits per heavy atom. The Hall–Kier alpha value is -3.25. The van der Waals surface area contributed by atoms with Crippen LogP contribution in [0.15, 0.2) is 87.8 Å². The van der Waals surface area contributed by atoms with Crippen LogP contribution in [0.25, 0.3) is 11.3 Å². The molecule has 0 radical (unpaired) electrons. The molecule has 0 atom stereocenters. The summed E-state index contributed by atoms with van der Waals surface area (Å²) in [7, 11) is 0. The monoisotopic (exact) mass is 389 g/mol. The molecule has 0 saturated carbocycles. The van der Waals surface area contributed by atoms with Crippen LogP contribution in [0.4, 0.5) is 0 Å². The molecule has 0 aliphatic heterocycles. The minimum absolute atomic E-state index is 0.177. The molecule has 2 aromatic heterocycles. The van der Waals surface area contributed by atoms with E-state index in [9.17, 15) is 4.79 Å². The summed E-state index contributed by atoms with van der Waals surface area (Å²) >= 11 is 1.46. The van der Waals surface area contributed by atoms with Gasteiger partial charge in [-0.3, -0.25) is 4.79 Å². The highest BCUT2D eigenvalue weighted by Gasteiger charge is 2.09. The molecule has 2 heterocycles. The van der Waals surface area contributed by atoms with Crippen molar-refractivity contribution in [2.24, 2.45) is 4.99 Å². The van der Waals surface area contributed by atoms with Gasteiger partial charge in [-0.15, -0.1) is 11.3 Å². The number of carbonyl (C=O) groups excluding carboxylic acids is 1. The van der Waals surface area contributed by atoms with Gasteiger partial charge in [0.15, 0.2) is 16.5 Å². The SMILES string of the molecule is O=C(CCc1ncc(-c2ccccc2)o1)N=c1sccn1Cc1ccccc1. The van der Waals surface area contributed by atoms with E-state index in [2.05, 4.69) is 22.1 Å². The molecule has 0 aliphatic rings. The summed E-state index contributed by atoms with van der Waals surface area (Å²) in [5.74, 6) is 1.08. The van der Waals surface area contributed by atoms with Gasteiger partial charge < -0.3 is 8.98 Å². The standard InChI is InChI=1S/C22H19N3O2S/c26-20(11-12-21-23-15-19(27-21)18-9-5-2-6-10-18)24-22-25(13-14-28-22)16-17-7-3-1-4-8-17/h1-10,13-15H,11-12,16H2. The van der Waals surface area contributed by atoms with E-state index in [0.717, 1.165) is 5.56 Å².